The highest BCUT2D eigenvalue weighted by Crippen LogP contribution is 2.32. The average molecular weight is 268 g/mol. The SMILES string of the molecule is NC1(CC(=O)N(CC(=O)O)CC2CC2)CCCCC1. The zero-order valence-corrected chi connectivity index (χ0v) is 11.4. The first-order valence-corrected chi connectivity index (χ1v) is 7.27. The van der Waals surface area contributed by atoms with Crippen LogP contribution in [0, 0.1) is 5.92 Å². The van der Waals surface area contributed by atoms with Crippen LogP contribution in [0.4, 0.5) is 0 Å². The quantitative estimate of drug-likeness (QED) is 0.762. The summed E-state index contributed by atoms with van der Waals surface area (Å²) in [5.41, 5.74) is 5.87. The zero-order chi connectivity index (χ0) is 13.9. The van der Waals surface area contributed by atoms with Crippen LogP contribution in [0.1, 0.15) is 51.4 Å². The molecule has 5 nitrogen and oxygen atoms in total. The van der Waals surface area contributed by atoms with Crippen molar-refractivity contribution in [2.24, 2.45) is 11.7 Å². The number of carboxylic acid groups (broad SMARTS) is 1. The highest BCUT2D eigenvalue weighted by Gasteiger charge is 2.34. The average Bonchev–Trinajstić information content (AvgIpc) is 3.12. The van der Waals surface area contributed by atoms with Crippen molar-refractivity contribution >= 4 is 11.9 Å². The molecule has 2 fully saturated rings. The van der Waals surface area contributed by atoms with Crippen molar-refractivity contribution in [3.8, 4) is 0 Å². The summed E-state index contributed by atoms with van der Waals surface area (Å²) >= 11 is 0. The van der Waals surface area contributed by atoms with E-state index in [2.05, 4.69) is 0 Å². The highest BCUT2D eigenvalue weighted by atomic mass is 16.4. The second-order valence-corrected chi connectivity index (χ2v) is 6.21. The maximum atomic E-state index is 12.3. The minimum absolute atomic E-state index is 0.0845. The number of amides is 1. The Hall–Kier alpha value is -1.10. The number of carboxylic acids is 1. The fourth-order valence-electron chi connectivity index (χ4n) is 2.88. The second-order valence-electron chi connectivity index (χ2n) is 6.21. The number of nitrogens with zero attached hydrogens (tertiary/aromatic N) is 1. The van der Waals surface area contributed by atoms with E-state index in [4.69, 9.17) is 10.8 Å². The number of aliphatic carboxylic acids is 1. The van der Waals surface area contributed by atoms with Crippen molar-refractivity contribution in [1.82, 2.24) is 4.90 Å². The van der Waals surface area contributed by atoms with E-state index in [0.29, 0.717) is 18.9 Å². The third kappa shape index (κ3) is 4.49. The zero-order valence-electron chi connectivity index (χ0n) is 11.4. The lowest BCUT2D eigenvalue weighted by molar-refractivity contribution is -0.145. The smallest absolute Gasteiger partial charge is 0.323 e. The molecule has 0 aromatic carbocycles. The molecule has 2 saturated carbocycles. The van der Waals surface area contributed by atoms with Crippen LogP contribution in [-0.2, 0) is 9.59 Å². The van der Waals surface area contributed by atoms with Crippen LogP contribution in [0.2, 0.25) is 0 Å². The van der Waals surface area contributed by atoms with Crippen LogP contribution in [0.15, 0.2) is 0 Å². The molecule has 0 saturated heterocycles. The first-order valence-electron chi connectivity index (χ1n) is 7.27. The van der Waals surface area contributed by atoms with Gasteiger partial charge < -0.3 is 15.7 Å². The van der Waals surface area contributed by atoms with Crippen LogP contribution in [0.5, 0.6) is 0 Å². The number of carbonyl (C=O) groups is 2. The summed E-state index contributed by atoms with van der Waals surface area (Å²) in [6.45, 7) is 0.395. The van der Waals surface area contributed by atoms with Crippen LogP contribution < -0.4 is 5.73 Å². The summed E-state index contributed by atoms with van der Waals surface area (Å²) in [4.78, 5) is 24.7. The van der Waals surface area contributed by atoms with E-state index in [1.165, 1.54) is 11.3 Å². The molecule has 3 N–H and O–H groups in total. The summed E-state index contributed by atoms with van der Waals surface area (Å²) in [6, 6.07) is 0. The largest absolute Gasteiger partial charge is 0.480 e. The molecule has 0 spiro atoms. The minimum atomic E-state index is -0.941. The van der Waals surface area contributed by atoms with Crippen LogP contribution in [0.25, 0.3) is 0 Å². The maximum absolute atomic E-state index is 12.3. The fraction of sp³-hybridized carbons (Fsp3) is 0.857. The summed E-state index contributed by atoms with van der Waals surface area (Å²) in [6.07, 6.45) is 7.61. The minimum Gasteiger partial charge on any atom is -0.480 e. The molecule has 1 amide bonds. The molecule has 0 radical (unpaired) electrons. The fourth-order valence-corrected chi connectivity index (χ4v) is 2.88. The molecule has 0 aromatic heterocycles. The van der Waals surface area contributed by atoms with Crippen LogP contribution in [0.3, 0.4) is 0 Å². The molecule has 0 unspecified atom stereocenters. The van der Waals surface area contributed by atoms with Crippen LogP contribution in [-0.4, -0.2) is 40.5 Å². The number of carbonyl (C=O) groups excluding carboxylic acids is 1. The van der Waals surface area contributed by atoms with Gasteiger partial charge in [0.15, 0.2) is 0 Å². The molecule has 0 heterocycles. The Morgan fingerprint density at radius 2 is 1.84 bits per heavy atom. The summed E-state index contributed by atoms with van der Waals surface area (Å²) < 4.78 is 0. The highest BCUT2D eigenvalue weighted by molar-refractivity contribution is 5.82. The van der Waals surface area contributed by atoms with Crippen molar-refractivity contribution in [3.63, 3.8) is 0 Å². The number of rotatable bonds is 6. The number of hydrogen-bond acceptors (Lipinski definition) is 3. The maximum Gasteiger partial charge on any atom is 0.323 e. The first kappa shape index (κ1) is 14.3. The third-order valence-corrected chi connectivity index (χ3v) is 4.21. The van der Waals surface area contributed by atoms with Gasteiger partial charge in [-0.2, -0.15) is 0 Å². The van der Waals surface area contributed by atoms with Gasteiger partial charge in [-0.05, 0) is 31.6 Å². The molecule has 0 bridgehead atoms. The molecular weight excluding hydrogens is 244 g/mol. The van der Waals surface area contributed by atoms with E-state index in [0.717, 1.165) is 38.5 Å². The Kier molecular flexibility index (Phi) is 4.45. The normalized spacial score (nSPS) is 21.9. The molecule has 0 atom stereocenters. The van der Waals surface area contributed by atoms with E-state index < -0.39 is 11.5 Å². The molecule has 2 aliphatic rings. The molecule has 2 rings (SSSR count). The van der Waals surface area contributed by atoms with Crippen molar-refractivity contribution < 1.29 is 14.7 Å². The lowest BCUT2D eigenvalue weighted by atomic mass is 9.80. The molecule has 0 aliphatic heterocycles. The summed E-state index contributed by atoms with van der Waals surface area (Å²) in [5, 5.41) is 8.91. The topological polar surface area (TPSA) is 83.6 Å². The van der Waals surface area contributed by atoms with E-state index in [1.54, 1.807) is 0 Å². The van der Waals surface area contributed by atoms with E-state index in [9.17, 15) is 9.59 Å². The Morgan fingerprint density at radius 3 is 2.37 bits per heavy atom. The van der Waals surface area contributed by atoms with Gasteiger partial charge in [-0.15, -0.1) is 0 Å². The standard InChI is InChI=1S/C14H24N2O3/c15-14(6-2-1-3-7-14)8-12(17)16(10-13(18)19)9-11-4-5-11/h11H,1-10,15H2,(H,18,19). The second kappa shape index (κ2) is 5.90. The predicted molar refractivity (Wildman–Crippen MR) is 71.6 cm³/mol. The van der Waals surface area contributed by atoms with Crippen molar-refractivity contribution in [1.29, 1.82) is 0 Å². The summed E-state index contributed by atoms with van der Waals surface area (Å²) in [7, 11) is 0. The van der Waals surface area contributed by atoms with Gasteiger partial charge in [-0.1, -0.05) is 19.3 Å². The van der Waals surface area contributed by atoms with Crippen molar-refractivity contribution in [2.75, 3.05) is 13.1 Å². The van der Waals surface area contributed by atoms with Crippen molar-refractivity contribution in [3.05, 3.63) is 0 Å². The van der Waals surface area contributed by atoms with Gasteiger partial charge in [0.2, 0.25) is 5.91 Å². The van der Waals surface area contributed by atoms with Gasteiger partial charge in [0.25, 0.3) is 0 Å². The van der Waals surface area contributed by atoms with E-state index in [-0.39, 0.29) is 12.5 Å². The first-order chi connectivity index (χ1) is 8.98. The van der Waals surface area contributed by atoms with Gasteiger partial charge in [0.05, 0.1) is 0 Å². The van der Waals surface area contributed by atoms with Gasteiger partial charge in [-0.25, -0.2) is 0 Å². The number of hydrogen-bond donors (Lipinski definition) is 2. The van der Waals surface area contributed by atoms with Gasteiger partial charge in [-0.3, -0.25) is 9.59 Å². The van der Waals surface area contributed by atoms with Crippen molar-refractivity contribution in [2.45, 2.75) is 56.9 Å². The third-order valence-electron chi connectivity index (χ3n) is 4.21. The molecule has 5 heteroatoms. The lowest BCUT2D eigenvalue weighted by Gasteiger charge is -2.34. The van der Waals surface area contributed by atoms with Gasteiger partial charge in [0.1, 0.15) is 6.54 Å². The molecule has 2 aliphatic carbocycles. The Morgan fingerprint density at radius 1 is 1.21 bits per heavy atom. The lowest BCUT2D eigenvalue weighted by Crippen LogP contribution is -2.48. The number of nitrogens with two attached hydrogens (primary N) is 1. The van der Waals surface area contributed by atoms with Crippen LogP contribution >= 0.6 is 0 Å². The monoisotopic (exact) mass is 268 g/mol. The molecule has 19 heavy (non-hydrogen) atoms. The predicted octanol–water partition coefficient (Wildman–Crippen LogP) is 1.36. The van der Waals surface area contributed by atoms with E-state index in [1.807, 2.05) is 0 Å². The van der Waals surface area contributed by atoms with E-state index >= 15 is 0 Å². The molecule has 108 valence electrons. The molecular formula is C14H24N2O3. The Labute approximate surface area is 114 Å². The Balaban J connectivity index is 1.91. The van der Waals surface area contributed by atoms with Gasteiger partial charge >= 0.3 is 5.97 Å². The Bertz CT molecular complexity index is 347. The van der Waals surface area contributed by atoms with Gasteiger partial charge in [0, 0.05) is 18.5 Å². The summed E-state index contributed by atoms with van der Waals surface area (Å²) in [5.74, 6) is -0.522. The molecule has 0 aromatic rings.